The van der Waals surface area contributed by atoms with Gasteiger partial charge in [-0.1, -0.05) is 37.1 Å². The average Bonchev–Trinajstić information content (AvgIpc) is 2.61. The molecule has 2 rings (SSSR count). The molecule has 3 nitrogen and oxygen atoms in total. The second-order valence-electron chi connectivity index (χ2n) is 4.19. The Kier molecular flexibility index (Phi) is 3.57. The van der Waals surface area contributed by atoms with Crippen molar-refractivity contribution in [1.29, 1.82) is 0 Å². The molecule has 0 saturated heterocycles. The Balaban J connectivity index is 2.63. The lowest BCUT2D eigenvalue weighted by atomic mass is 10.0. The van der Waals surface area contributed by atoms with Gasteiger partial charge >= 0.3 is 0 Å². The topological polar surface area (TPSA) is 43.8 Å². The molecule has 2 aromatic rings. The third-order valence-electron chi connectivity index (χ3n) is 2.90. The van der Waals surface area contributed by atoms with Gasteiger partial charge < -0.3 is 5.73 Å². The lowest BCUT2D eigenvalue weighted by Crippen LogP contribution is -1.99. The highest BCUT2D eigenvalue weighted by Gasteiger charge is 2.18. The standard InChI is InChI=1S/C13H15ClFN3/c1-3-5-9-12(17-18(2)13(9)16)8-6-4-7-10(15)11(8)14/h4,6-7H,3,5,16H2,1-2H3. The van der Waals surface area contributed by atoms with Crippen LogP contribution in [0.3, 0.4) is 0 Å². The molecule has 0 aliphatic rings. The molecule has 1 aromatic carbocycles. The normalized spacial score (nSPS) is 10.9. The second kappa shape index (κ2) is 4.98. The molecule has 0 radical (unpaired) electrons. The number of halogens is 2. The van der Waals surface area contributed by atoms with Crippen molar-refractivity contribution in [3.05, 3.63) is 34.6 Å². The van der Waals surface area contributed by atoms with E-state index in [9.17, 15) is 4.39 Å². The van der Waals surface area contributed by atoms with Crippen LogP contribution in [-0.4, -0.2) is 9.78 Å². The summed E-state index contributed by atoms with van der Waals surface area (Å²) < 4.78 is 15.1. The molecule has 18 heavy (non-hydrogen) atoms. The first kappa shape index (κ1) is 12.9. The number of nitrogens with two attached hydrogens (primary N) is 1. The van der Waals surface area contributed by atoms with Crippen LogP contribution in [0.5, 0.6) is 0 Å². The maximum absolute atomic E-state index is 13.5. The van der Waals surface area contributed by atoms with Gasteiger partial charge in [-0.15, -0.1) is 0 Å². The maximum atomic E-state index is 13.5. The van der Waals surface area contributed by atoms with E-state index in [2.05, 4.69) is 12.0 Å². The Morgan fingerprint density at radius 1 is 1.44 bits per heavy atom. The van der Waals surface area contributed by atoms with Crippen molar-refractivity contribution < 1.29 is 4.39 Å². The third-order valence-corrected chi connectivity index (χ3v) is 3.28. The van der Waals surface area contributed by atoms with Gasteiger partial charge in [0, 0.05) is 18.2 Å². The number of hydrogen-bond acceptors (Lipinski definition) is 2. The van der Waals surface area contributed by atoms with E-state index in [4.69, 9.17) is 17.3 Å². The number of aromatic nitrogens is 2. The second-order valence-corrected chi connectivity index (χ2v) is 4.57. The van der Waals surface area contributed by atoms with Gasteiger partial charge in [-0.25, -0.2) is 4.39 Å². The summed E-state index contributed by atoms with van der Waals surface area (Å²) in [4.78, 5) is 0. The van der Waals surface area contributed by atoms with E-state index in [0.717, 1.165) is 18.4 Å². The number of anilines is 1. The van der Waals surface area contributed by atoms with Crippen molar-refractivity contribution in [1.82, 2.24) is 9.78 Å². The lowest BCUT2D eigenvalue weighted by molar-refractivity contribution is 0.628. The fourth-order valence-electron chi connectivity index (χ4n) is 1.98. The third kappa shape index (κ3) is 2.08. The highest BCUT2D eigenvalue weighted by atomic mass is 35.5. The van der Waals surface area contributed by atoms with Gasteiger partial charge in [-0.05, 0) is 12.5 Å². The number of aryl methyl sites for hydroxylation is 1. The SMILES string of the molecule is CCCc1c(-c2cccc(F)c2Cl)nn(C)c1N. The van der Waals surface area contributed by atoms with Gasteiger partial charge in [0.15, 0.2) is 0 Å². The highest BCUT2D eigenvalue weighted by Crippen LogP contribution is 2.34. The Hall–Kier alpha value is -1.55. The zero-order valence-corrected chi connectivity index (χ0v) is 11.1. The monoisotopic (exact) mass is 267 g/mol. The quantitative estimate of drug-likeness (QED) is 0.926. The summed E-state index contributed by atoms with van der Waals surface area (Å²) in [6, 6.07) is 4.71. The molecule has 0 aliphatic carbocycles. The molecular weight excluding hydrogens is 253 g/mol. The van der Waals surface area contributed by atoms with Crippen LogP contribution in [0.4, 0.5) is 10.2 Å². The fraction of sp³-hybridized carbons (Fsp3) is 0.308. The smallest absolute Gasteiger partial charge is 0.142 e. The molecule has 1 aromatic heterocycles. The van der Waals surface area contributed by atoms with E-state index < -0.39 is 5.82 Å². The number of benzene rings is 1. The summed E-state index contributed by atoms with van der Waals surface area (Å²) in [5.74, 6) is 0.160. The van der Waals surface area contributed by atoms with Gasteiger partial charge in [-0.3, -0.25) is 4.68 Å². The van der Waals surface area contributed by atoms with Crippen molar-refractivity contribution in [2.75, 3.05) is 5.73 Å². The largest absolute Gasteiger partial charge is 0.384 e. The van der Waals surface area contributed by atoms with E-state index in [1.807, 2.05) is 0 Å². The molecule has 0 atom stereocenters. The number of hydrogen-bond donors (Lipinski definition) is 1. The fourth-order valence-corrected chi connectivity index (χ4v) is 2.20. The molecule has 0 aliphatic heterocycles. The molecule has 0 amide bonds. The maximum Gasteiger partial charge on any atom is 0.142 e. The molecule has 0 fully saturated rings. The first-order chi connectivity index (χ1) is 8.56. The van der Waals surface area contributed by atoms with E-state index in [0.29, 0.717) is 17.1 Å². The molecule has 96 valence electrons. The lowest BCUT2D eigenvalue weighted by Gasteiger charge is -2.05. The van der Waals surface area contributed by atoms with E-state index in [1.165, 1.54) is 6.07 Å². The summed E-state index contributed by atoms with van der Waals surface area (Å²) in [7, 11) is 1.77. The molecule has 1 heterocycles. The molecular formula is C13H15ClFN3. The minimum Gasteiger partial charge on any atom is -0.384 e. The summed E-state index contributed by atoms with van der Waals surface area (Å²) in [5.41, 5.74) is 8.16. The van der Waals surface area contributed by atoms with Gasteiger partial charge in [0.1, 0.15) is 11.6 Å². The highest BCUT2D eigenvalue weighted by molar-refractivity contribution is 6.33. The molecule has 0 unspecified atom stereocenters. The van der Waals surface area contributed by atoms with Crippen LogP contribution in [-0.2, 0) is 13.5 Å². The predicted molar refractivity (Wildman–Crippen MR) is 72.0 cm³/mol. The summed E-state index contributed by atoms with van der Waals surface area (Å²) in [6.45, 7) is 2.06. The summed E-state index contributed by atoms with van der Waals surface area (Å²) in [5, 5.41) is 4.43. The van der Waals surface area contributed by atoms with Gasteiger partial charge in [0.2, 0.25) is 0 Å². The van der Waals surface area contributed by atoms with Crippen LogP contribution in [0.2, 0.25) is 5.02 Å². The molecule has 5 heteroatoms. The van der Waals surface area contributed by atoms with Crippen LogP contribution >= 0.6 is 11.6 Å². The summed E-state index contributed by atoms with van der Waals surface area (Å²) >= 11 is 6.00. The van der Waals surface area contributed by atoms with Crippen LogP contribution in [0.1, 0.15) is 18.9 Å². The number of nitrogen functional groups attached to an aromatic ring is 1. The van der Waals surface area contributed by atoms with Gasteiger partial charge in [-0.2, -0.15) is 5.10 Å². The minimum atomic E-state index is -0.444. The van der Waals surface area contributed by atoms with Crippen molar-refractivity contribution in [3.63, 3.8) is 0 Å². The Bertz CT molecular complexity index is 578. The minimum absolute atomic E-state index is 0.0907. The Morgan fingerprint density at radius 3 is 2.83 bits per heavy atom. The van der Waals surface area contributed by atoms with Crippen LogP contribution in [0.15, 0.2) is 18.2 Å². The molecule has 2 N–H and O–H groups in total. The predicted octanol–water partition coefficient (Wildman–Crippen LogP) is 3.41. The molecule has 0 spiro atoms. The van der Waals surface area contributed by atoms with E-state index in [-0.39, 0.29) is 5.02 Å². The zero-order chi connectivity index (χ0) is 13.3. The Morgan fingerprint density at radius 2 is 2.17 bits per heavy atom. The van der Waals surface area contributed by atoms with E-state index in [1.54, 1.807) is 23.9 Å². The molecule has 0 bridgehead atoms. The van der Waals surface area contributed by atoms with E-state index >= 15 is 0 Å². The average molecular weight is 268 g/mol. The Labute approximate surface area is 110 Å². The van der Waals surface area contributed by atoms with Crippen molar-refractivity contribution in [3.8, 4) is 11.3 Å². The van der Waals surface area contributed by atoms with Crippen molar-refractivity contribution in [2.45, 2.75) is 19.8 Å². The number of rotatable bonds is 3. The summed E-state index contributed by atoms with van der Waals surface area (Å²) in [6.07, 6.45) is 1.73. The molecule has 0 saturated carbocycles. The van der Waals surface area contributed by atoms with Crippen molar-refractivity contribution >= 4 is 17.4 Å². The number of nitrogens with zero attached hydrogens (tertiary/aromatic N) is 2. The van der Waals surface area contributed by atoms with Crippen molar-refractivity contribution in [2.24, 2.45) is 7.05 Å². The van der Waals surface area contributed by atoms with Crippen LogP contribution < -0.4 is 5.73 Å². The zero-order valence-electron chi connectivity index (χ0n) is 10.4. The van der Waals surface area contributed by atoms with Gasteiger partial charge in [0.25, 0.3) is 0 Å². The van der Waals surface area contributed by atoms with Crippen LogP contribution in [0, 0.1) is 5.82 Å². The first-order valence-electron chi connectivity index (χ1n) is 5.82. The van der Waals surface area contributed by atoms with Crippen LogP contribution in [0.25, 0.3) is 11.3 Å². The first-order valence-corrected chi connectivity index (χ1v) is 6.19. The van der Waals surface area contributed by atoms with Gasteiger partial charge in [0.05, 0.1) is 10.7 Å².